The number of thioether (sulfide) groups is 1. The van der Waals surface area contributed by atoms with Gasteiger partial charge in [0.25, 0.3) is 5.91 Å². The highest BCUT2D eigenvalue weighted by Gasteiger charge is 2.25. The summed E-state index contributed by atoms with van der Waals surface area (Å²) in [5.74, 6) is 1.63. The van der Waals surface area contributed by atoms with Crippen LogP contribution in [0.1, 0.15) is 10.6 Å². The molecule has 1 aromatic carbocycles. The van der Waals surface area contributed by atoms with Crippen LogP contribution in [0.5, 0.6) is 0 Å². The fourth-order valence-corrected chi connectivity index (χ4v) is 3.70. The average molecular weight is 518 g/mol. The second-order valence-corrected chi connectivity index (χ2v) is 7.15. The zero-order valence-electron chi connectivity index (χ0n) is 15.6. The maximum atomic E-state index is 13.6. The van der Waals surface area contributed by atoms with E-state index in [4.69, 9.17) is 4.42 Å². The Bertz CT molecular complexity index is 780. The van der Waals surface area contributed by atoms with Gasteiger partial charge in [0.15, 0.2) is 11.7 Å². The fourth-order valence-electron chi connectivity index (χ4n) is 2.90. The lowest BCUT2D eigenvalue weighted by Crippen LogP contribution is -2.54. The van der Waals surface area contributed by atoms with Crippen LogP contribution in [-0.4, -0.2) is 67.2 Å². The minimum atomic E-state index is -0.191. The van der Waals surface area contributed by atoms with Crippen LogP contribution in [0.2, 0.25) is 0 Å². The van der Waals surface area contributed by atoms with Crippen molar-refractivity contribution in [3.63, 3.8) is 0 Å². The minimum absolute atomic E-state index is 0. The molecule has 0 saturated carbocycles. The topological polar surface area (TPSA) is 61.1 Å². The maximum Gasteiger partial charge on any atom is 0.289 e. The number of benzene rings is 1. The van der Waals surface area contributed by atoms with Crippen LogP contribution in [0.4, 0.5) is 4.39 Å². The molecule has 0 atom stereocenters. The highest BCUT2D eigenvalue weighted by atomic mass is 127. The van der Waals surface area contributed by atoms with E-state index in [1.54, 1.807) is 36.2 Å². The SMILES string of the molecule is CN=C(NCCSc1ccccc1F)N1CCN(C(=O)c2ccco2)CC1.I. The summed E-state index contributed by atoms with van der Waals surface area (Å²) in [6, 6.07) is 10.2. The first-order valence-corrected chi connectivity index (χ1v) is 9.83. The molecule has 2 aromatic rings. The zero-order valence-corrected chi connectivity index (χ0v) is 18.8. The predicted molar refractivity (Wildman–Crippen MR) is 120 cm³/mol. The molecule has 28 heavy (non-hydrogen) atoms. The number of hydrogen-bond acceptors (Lipinski definition) is 4. The lowest BCUT2D eigenvalue weighted by Gasteiger charge is -2.36. The number of carbonyl (C=O) groups is 1. The molecule has 1 amide bonds. The number of halogens is 2. The van der Waals surface area contributed by atoms with Crippen molar-refractivity contribution in [3.05, 3.63) is 54.2 Å². The number of aliphatic imine (C=N–C) groups is 1. The smallest absolute Gasteiger partial charge is 0.289 e. The molecule has 1 N–H and O–H groups in total. The van der Waals surface area contributed by atoms with E-state index in [1.807, 2.05) is 6.07 Å². The summed E-state index contributed by atoms with van der Waals surface area (Å²) in [7, 11) is 1.74. The zero-order chi connectivity index (χ0) is 19.1. The van der Waals surface area contributed by atoms with Gasteiger partial charge in [-0.15, -0.1) is 35.7 Å². The molecule has 152 valence electrons. The van der Waals surface area contributed by atoms with E-state index in [9.17, 15) is 9.18 Å². The van der Waals surface area contributed by atoms with Gasteiger partial charge in [-0.05, 0) is 24.3 Å². The molecule has 1 aliphatic rings. The van der Waals surface area contributed by atoms with E-state index in [2.05, 4.69) is 15.2 Å². The van der Waals surface area contributed by atoms with Crippen molar-refractivity contribution in [2.45, 2.75) is 4.90 Å². The number of hydrogen-bond donors (Lipinski definition) is 1. The first kappa shape index (κ1) is 22.5. The van der Waals surface area contributed by atoms with Gasteiger partial charge in [0.05, 0.1) is 6.26 Å². The average Bonchev–Trinajstić information content (AvgIpc) is 3.24. The minimum Gasteiger partial charge on any atom is -0.459 e. The quantitative estimate of drug-likeness (QED) is 0.217. The number of guanidine groups is 1. The Morgan fingerprint density at radius 1 is 1.18 bits per heavy atom. The standard InChI is InChI=1S/C19H23FN4O2S.HI/c1-21-19(22-8-14-27-17-7-3-2-5-15(17)20)24-11-9-23(10-12-24)18(25)16-6-4-13-26-16;/h2-7,13H,8-12,14H2,1H3,(H,21,22);1H. The Labute approximate surface area is 185 Å². The van der Waals surface area contributed by atoms with Crippen LogP contribution in [0, 0.1) is 5.82 Å². The molecule has 0 radical (unpaired) electrons. The van der Waals surface area contributed by atoms with Crippen molar-refractivity contribution in [1.29, 1.82) is 0 Å². The molecule has 0 spiro atoms. The third kappa shape index (κ3) is 5.87. The van der Waals surface area contributed by atoms with Crippen LogP contribution < -0.4 is 5.32 Å². The van der Waals surface area contributed by atoms with Crippen LogP contribution in [0.3, 0.4) is 0 Å². The van der Waals surface area contributed by atoms with Crippen molar-refractivity contribution in [2.75, 3.05) is 45.5 Å². The van der Waals surface area contributed by atoms with E-state index in [0.717, 1.165) is 11.7 Å². The Morgan fingerprint density at radius 2 is 1.89 bits per heavy atom. The van der Waals surface area contributed by atoms with Crippen LogP contribution >= 0.6 is 35.7 Å². The molecule has 9 heteroatoms. The first-order chi connectivity index (χ1) is 13.2. The van der Waals surface area contributed by atoms with E-state index in [1.165, 1.54) is 24.1 Å². The Kier molecular flexibility index (Phi) is 9.10. The maximum absolute atomic E-state index is 13.6. The molecule has 1 aliphatic heterocycles. The summed E-state index contributed by atoms with van der Waals surface area (Å²) < 4.78 is 18.8. The number of nitrogens with one attached hydrogen (secondary N) is 1. The van der Waals surface area contributed by atoms with Gasteiger partial charge in [-0.2, -0.15) is 0 Å². The monoisotopic (exact) mass is 518 g/mol. The molecule has 1 saturated heterocycles. The van der Waals surface area contributed by atoms with Gasteiger partial charge in [-0.3, -0.25) is 9.79 Å². The Balaban J connectivity index is 0.00000280. The van der Waals surface area contributed by atoms with Crippen LogP contribution in [0.25, 0.3) is 0 Å². The van der Waals surface area contributed by atoms with E-state index < -0.39 is 0 Å². The Morgan fingerprint density at radius 3 is 2.54 bits per heavy atom. The summed E-state index contributed by atoms with van der Waals surface area (Å²) in [5, 5.41) is 3.31. The molecular formula is C19H24FIN4O2S. The Hall–Kier alpha value is -1.75. The molecule has 2 heterocycles. The molecule has 0 aliphatic carbocycles. The van der Waals surface area contributed by atoms with Crippen molar-refractivity contribution in [3.8, 4) is 0 Å². The summed E-state index contributed by atoms with van der Waals surface area (Å²) in [4.78, 5) is 21.2. The van der Waals surface area contributed by atoms with E-state index >= 15 is 0 Å². The number of carbonyl (C=O) groups excluding carboxylic acids is 1. The normalized spacial score (nSPS) is 14.6. The highest BCUT2D eigenvalue weighted by molar-refractivity contribution is 14.0. The van der Waals surface area contributed by atoms with Gasteiger partial charge in [-0.25, -0.2) is 4.39 Å². The van der Waals surface area contributed by atoms with Crippen LogP contribution in [-0.2, 0) is 0 Å². The largest absolute Gasteiger partial charge is 0.459 e. The third-order valence-corrected chi connectivity index (χ3v) is 5.34. The van der Waals surface area contributed by atoms with Gasteiger partial charge >= 0.3 is 0 Å². The predicted octanol–water partition coefficient (Wildman–Crippen LogP) is 3.16. The van der Waals surface area contributed by atoms with Crippen molar-refractivity contribution in [1.82, 2.24) is 15.1 Å². The molecule has 3 rings (SSSR count). The molecule has 6 nitrogen and oxygen atoms in total. The van der Waals surface area contributed by atoms with E-state index in [-0.39, 0.29) is 35.7 Å². The number of amides is 1. The molecule has 0 unspecified atom stereocenters. The molecular weight excluding hydrogens is 494 g/mol. The van der Waals surface area contributed by atoms with Gasteiger partial charge in [0, 0.05) is 50.4 Å². The summed E-state index contributed by atoms with van der Waals surface area (Å²) in [6.07, 6.45) is 1.51. The molecule has 1 fully saturated rings. The molecule has 1 aromatic heterocycles. The second-order valence-electron chi connectivity index (χ2n) is 6.01. The number of piperazine rings is 1. The highest BCUT2D eigenvalue weighted by Crippen LogP contribution is 2.20. The number of rotatable bonds is 5. The van der Waals surface area contributed by atoms with Gasteiger partial charge < -0.3 is 19.5 Å². The first-order valence-electron chi connectivity index (χ1n) is 8.84. The van der Waals surface area contributed by atoms with Gasteiger partial charge in [0.2, 0.25) is 0 Å². The van der Waals surface area contributed by atoms with E-state index in [0.29, 0.717) is 43.4 Å². The van der Waals surface area contributed by atoms with Gasteiger partial charge in [0.1, 0.15) is 5.82 Å². The summed E-state index contributed by atoms with van der Waals surface area (Å²) in [5.41, 5.74) is 0. The van der Waals surface area contributed by atoms with Crippen LogP contribution in [0.15, 0.2) is 57.0 Å². The lowest BCUT2D eigenvalue weighted by atomic mass is 10.3. The van der Waals surface area contributed by atoms with Crippen molar-refractivity contribution < 1.29 is 13.6 Å². The van der Waals surface area contributed by atoms with Crippen molar-refractivity contribution >= 4 is 47.6 Å². The molecule has 0 bridgehead atoms. The number of furan rings is 1. The van der Waals surface area contributed by atoms with Crippen molar-refractivity contribution in [2.24, 2.45) is 4.99 Å². The summed E-state index contributed by atoms with van der Waals surface area (Å²) >= 11 is 1.47. The third-order valence-electron chi connectivity index (χ3n) is 4.29. The fraction of sp³-hybridized carbons (Fsp3) is 0.368. The second kappa shape index (κ2) is 11.3. The summed E-state index contributed by atoms with van der Waals surface area (Å²) in [6.45, 7) is 3.31. The van der Waals surface area contributed by atoms with Gasteiger partial charge in [-0.1, -0.05) is 12.1 Å². The number of nitrogens with zero attached hydrogens (tertiary/aromatic N) is 3. The lowest BCUT2D eigenvalue weighted by molar-refractivity contribution is 0.0658.